The fraction of sp³-hybridized carbons (Fsp3) is 0.917. The summed E-state index contributed by atoms with van der Waals surface area (Å²) in [5.74, 6) is 0.965. The van der Waals surface area contributed by atoms with Gasteiger partial charge in [0.25, 0.3) is 0 Å². The average molecular weight is 227 g/mol. The highest BCUT2D eigenvalue weighted by Gasteiger charge is 2.23. The van der Waals surface area contributed by atoms with Crippen LogP contribution >= 0.6 is 0 Å². The smallest absolute Gasteiger partial charge is 0.224 e. The van der Waals surface area contributed by atoms with E-state index in [1.807, 2.05) is 11.8 Å². The minimum Gasteiger partial charge on any atom is -0.343 e. The van der Waals surface area contributed by atoms with E-state index in [-0.39, 0.29) is 11.9 Å². The van der Waals surface area contributed by atoms with E-state index >= 15 is 0 Å². The second kappa shape index (κ2) is 6.21. The summed E-state index contributed by atoms with van der Waals surface area (Å²) in [6.07, 6.45) is 2.74. The highest BCUT2D eigenvalue weighted by atomic mass is 16.2. The summed E-state index contributed by atoms with van der Waals surface area (Å²) in [6, 6.07) is -0.0213. The molecule has 0 aliphatic carbocycles. The number of nitrogens with zero attached hydrogens (tertiary/aromatic N) is 2. The van der Waals surface area contributed by atoms with Crippen LogP contribution in [0.25, 0.3) is 0 Å². The lowest BCUT2D eigenvalue weighted by molar-refractivity contribution is -0.132. The number of piperidine rings is 1. The van der Waals surface area contributed by atoms with Crippen LogP contribution in [0.1, 0.15) is 26.2 Å². The number of hydrogen-bond acceptors (Lipinski definition) is 3. The zero-order valence-corrected chi connectivity index (χ0v) is 10.8. The molecule has 4 nitrogen and oxygen atoms in total. The fourth-order valence-electron chi connectivity index (χ4n) is 2.29. The van der Waals surface area contributed by atoms with E-state index < -0.39 is 0 Å². The molecule has 0 bridgehead atoms. The fourth-order valence-corrected chi connectivity index (χ4v) is 2.29. The number of carbonyl (C=O) groups is 1. The molecule has 1 aliphatic rings. The van der Waals surface area contributed by atoms with Gasteiger partial charge in [-0.05, 0) is 39.8 Å². The third-order valence-electron chi connectivity index (χ3n) is 3.09. The SMILES string of the molecule is CC(N)CC(=O)N1CCC(CN(C)C)CC1. The Morgan fingerprint density at radius 3 is 2.44 bits per heavy atom. The topological polar surface area (TPSA) is 49.6 Å². The van der Waals surface area contributed by atoms with Crippen LogP contribution in [0.5, 0.6) is 0 Å². The third kappa shape index (κ3) is 4.49. The van der Waals surface area contributed by atoms with E-state index in [0.29, 0.717) is 6.42 Å². The molecule has 1 rings (SSSR count). The predicted octanol–water partition coefficient (Wildman–Crippen LogP) is 0.524. The normalized spacial score (nSPS) is 20.2. The van der Waals surface area contributed by atoms with Gasteiger partial charge in [0, 0.05) is 32.1 Å². The first-order valence-corrected chi connectivity index (χ1v) is 6.17. The largest absolute Gasteiger partial charge is 0.343 e. The van der Waals surface area contributed by atoms with Crippen molar-refractivity contribution in [3.05, 3.63) is 0 Å². The standard InChI is InChI=1S/C12H25N3O/c1-10(13)8-12(16)15-6-4-11(5-7-15)9-14(2)3/h10-11H,4-9,13H2,1-3H3. The van der Waals surface area contributed by atoms with E-state index in [2.05, 4.69) is 19.0 Å². The highest BCUT2D eigenvalue weighted by Crippen LogP contribution is 2.18. The summed E-state index contributed by atoms with van der Waals surface area (Å²) in [5, 5.41) is 0. The second-order valence-corrected chi connectivity index (χ2v) is 5.27. The molecule has 1 heterocycles. The maximum Gasteiger partial charge on any atom is 0.224 e. The maximum atomic E-state index is 11.8. The van der Waals surface area contributed by atoms with Crippen molar-refractivity contribution in [2.75, 3.05) is 33.7 Å². The summed E-state index contributed by atoms with van der Waals surface area (Å²) < 4.78 is 0. The maximum absolute atomic E-state index is 11.8. The molecule has 0 aromatic heterocycles. The van der Waals surface area contributed by atoms with Crippen LogP contribution in [0.4, 0.5) is 0 Å². The molecule has 4 heteroatoms. The Morgan fingerprint density at radius 2 is 2.00 bits per heavy atom. The minimum atomic E-state index is -0.0213. The van der Waals surface area contributed by atoms with E-state index in [1.165, 1.54) is 0 Å². The van der Waals surface area contributed by atoms with Crippen molar-refractivity contribution in [3.63, 3.8) is 0 Å². The first-order valence-electron chi connectivity index (χ1n) is 6.17. The Morgan fingerprint density at radius 1 is 1.44 bits per heavy atom. The first-order chi connectivity index (χ1) is 7.49. The van der Waals surface area contributed by atoms with Crippen LogP contribution in [0, 0.1) is 5.92 Å². The van der Waals surface area contributed by atoms with Crippen LogP contribution in [0.2, 0.25) is 0 Å². The molecule has 1 fully saturated rings. The third-order valence-corrected chi connectivity index (χ3v) is 3.09. The lowest BCUT2D eigenvalue weighted by atomic mass is 9.96. The molecule has 0 radical (unpaired) electrons. The van der Waals surface area contributed by atoms with Gasteiger partial charge in [-0.25, -0.2) is 0 Å². The Bertz CT molecular complexity index is 220. The Hall–Kier alpha value is -0.610. The average Bonchev–Trinajstić information content (AvgIpc) is 2.16. The second-order valence-electron chi connectivity index (χ2n) is 5.27. The van der Waals surface area contributed by atoms with Crippen molar-refractivity contribution in [2.45, 2.75) is 32.2 Å². The number of hydrogen-bond donors (Lipinski definition) is 1. The zero-order chi connectivity index (χ0) is 12.1. The van der Waals surface area contributed by atoms with Gasteiger partial charge in [-0.3, -0.25) is 4.79 Å². The minimum absolute atomic E-state index is 0.0213. The monoisotopic (exact) mass is 227 g/mol. The Kier molecular flexibility index (Phi) is 5.22. The molecule has 0 aromatic rings. The molecule has 94 valence electrons. The van der Waals surface area contributed by atoms with Gasteiger partial charge in [0.1, 0.15) is 0 Å². The first kappa shape index (κ1) is 13.5. The number of carbonyl (C=O) groups excluding carboxylic acids is 1. The van der Waals surface area contributed by atoms with Gasteiger partial charge in [0.15, 0.2) is 0 Å². The summed E-state index contributed by atoms with van der Waals surface area (Å²) in [6.45, 7) is 4.83. The van der Waals surface area contributed by atoms with E-state index in [1.54, 1.807) is 0 Å². The van der Waals surface area contributed by atoms with Gasteiger partial charge in [0.2, 0.25) is 5.91 Å². The van der Waals surface area contributed by atoms with E-state index in [9.17, 15) is 4.79 Å². The molecule has 1 saturated heterocycles. The number of likely N-dealkylation sites (tertiary alicyclic amines) is 1. The van der Waals surface area contributed by atoms with Gasteiger partial charge < -0.3 is 15.5 Å². The highest BCUT2D eigenvalue weighted by molar-refractivity contribution is 5.76. The number of nitrogens with two attached hydrogens (primary N) is 1. The summed E-state index contributed by atoms with van der Waals surface area (Å²) in [4.78, 5) is 16.0. The van der Waals surface area contributed by atoms with E-state index in [4.69, 9.17) is 5.73 Å². The molecule has 1 unspecified atom stereocenters. The molecule has 1 atom stereocenters. The van der Waals surface area contributed by atoms with Gasteiger partial charge in [-0.1, -0.05) is 0 Å². The molecule has 0 spiro atoms. The molecule has 1 amide bonds. The molecule has 2 N–H and O–H groups in total. The van der Waals surface area contributed by atoms with Crippen LogP contribution in [-0.2, 0) is 4.79 Å². The van der Waals surface area contributed by atoms with Gasteiger partial charge in [-0.15, -0.1) is 0 Å². The van der Waals surface area contributed by atoms with Crippen LogP contribution in [0.3, 0.4) is 0 Å². The predicted molar refractivity (Wildman–Crippen MR) is 66.1 cm³/mol. The molecular weight excluding hydrogens is 202 g/mol. The van der Waals surface area contributed by atoms with Gasteiger partial charge in [0.05, 0.1) is 0 Å². The zero-order valence-electron chi connectivity index (χ0n) is 10.8. The van der Waals surface area contributed by atoms with Crippen molar-refractivity contribution >= 4 is 5.91 Å². The molecule has 0 saturated carbocycles. The van der Waals surface area contributed by atoms with Crippen molar-refractivity contribution in [2.24, 2.45) is 11.7 Å². The number of rotatable bonds is 4. The van der Waals surface area contributed by atoms with Crippen LogP contribution < -0.4 is 5.73 Å². The van der Waals surface area contributed by atoms with Gasteiger partial charge in [-0.2, -0.15) is 0 Å². The van der Waals surface area contributed by atoms with Gasteiger partial charge >= 0.3 is 0 Å². The lowest BCUT2D eigenvalue weighted by Crippen LogP contribution is -2.42. The summed E-state index contributed by atoms with van der Waals surface area (Å²) >= 11 is 0. The van der Waals surface area contributed by atoms with Crippen molar-refractivity contribution in [3.8, 4) is 0 Å². The van der Waals surface area contributed by atoms with Crippen molar-refractivity contribution < 1.29 is 4.79 Å². The summed E-state index contributed by atoms with van der Waals surface area (Å²) in [5.41, 5.74) is 5.64. The summed E-state index contributed by atoms with van der Waals surface area (Å²) in [7, 11) is 4.21. The Labute approximate surface area is 98.8 Å². The number of amides is 1. The molecule has 16 heavy (non-hydrogen) atoms. The van der Waals surface area contributed by atoms with E-state index in [0.717, 1.165) is 38.4 Å². The molecular formula is C12H25N3O. The molecule has 1 aliphatic heterocycles. The van der Waals surface area contributed by atoms with Crippen LogP contribution in [0.15, 0.2) is 0 Å². The van der Waals surface area contributed by atoms with Crippen molar-refractivity contribution in [1.29, 1.82) is 0 Å². The Balaban J connectivity index is 2.28. The molecule has 0 aromatic carbocycles. The lowest BCUT2D eigenvalue weighted by Gasteiger charge is -2.33. The quantitative estimate of drug-likeness (QED) is 0.762. The van der Waals surface area contributed by atoms with Crippen LogP contribution in [-0.4, -0.2) is 55.5 Å². The van der Waals surface area contributed by atoms with Crippen molar-refractivity contribution in [1.82, 2.24) is 9.80 Å².